The van der Waals surface area contributed by atoms with Gasteiger partial charge in [-0.1, -0.05) is 0 Å². The third kappa shape index (κ3) is 3.15. The molecule has 13 heavy (non-hydrogen) atoms. The molecule has 0 fully saturated rings. The third-order valence-corrected chi connectivity index (χ3v) is 2.26. The minimum Gasteiger partial charge on any atom is -0.303 e. The number of nitrogens with zero attached hydrogens (tertiary/aromatic N) is 1. The highest BCUT2D eigenvalue weighted by atomic mass is 127. The number of carbonyl (C=O) groups is 1. The molecule has 3 heteroatoms. The van der Waals surface area contributed by atoms with E-state index in [1.54, 1.807) is 0 Å². The third-order valence-electron chi connectivity index (χ3n) is 1.64. The first-order valence-electron chi connectivity index (χ1n) is 3.89. The van der Waals surface area contributed by atoms with E-state index in [4.69, 9.17) is 5.26 Å². The van der Waals surface area contributed by atoms with Crippen LogP contribution in [0.15, 0.2) is 18.2 Å². The zero-order valence-corrected chi connectivity index (χ0v) is 9.11. The van der Waals surface area contributed by atoms with E-state index in [0.29, 0.717) is 12.0 Å². The van der Waals surface area contributed by atoms with Crippen LogP contribution in [-0.2, 0) is 11.2 Å². The molecule has 66 valence electrons. The second kappa shape index (κ2) is 4.97. The summed E-state index contributed by atoms with van der Waals surface area (Å²) >= 11 is 2.17. The van der Waals surface area contributed by atoms with Gasteiger partial charge in [-0.3, -0.25) is 0 Å². The summed E-state index contributed by atoms with van der Waals surface area (Å²) < 4.78 is 1.04. The van der Waals surface area contributed by atoms with E-state index in [1.807, 2.05) is 18.2 Å². The Kier molecular flexibility index (Phi) is 3.90. The quantitative estimate of drug-likeness (QED) is 0.631. The molecule has 0 saturated carbocycles. The number of hydrogen-bond donors (Lipinski definition) is 0. The molecule has 2 nitrogen and oxygen atoms in total. The Balaban J connectivity index is 2.89. The molecule has 0 N–H and O–H groups in total. The molecular weight excluding hydrogens is 277 g/mol. The van der Waals surface area contributed by atoms with Crippen LogP contribution in [0.2, 0.25) is 0 Å². The summed E-state index contributed by atoms with van der Waals surface area (Å²) in [4.78, 5) is 10.2. The standard InChI is InChI=1S/C10H8INO/c11-10-5-8(2-1-3-13)4-9(6-10)7-12/h3-6H,1-2H2. The highest BCUT2D eigenvalue weighted by Gasteiger charge is 1.98. The lowest BCUT2D eigenvalue weighted by atomic mass is 10.1. The van der Waals surface area contributed by atoms with Gasteiger partial charge in [-0.2, -0.15) is 5.26 Å². The number of rotatable bonds is 3. The van der Waals surface area contributed by atoms with Gasteiger partial charge in [0.1, 0.15) is 6.29 Å². The summed E-state index contributed by atoms with van der Waals surface area (Å²) in [7, 11) is 0. The predicted molar refractivity (Wildman–Crippen MR) is 58.3 cm³/mol. The Morgan fingerprint density at radius 3 is 2.85 bits per heavy atom. The predicted octanol–water partition coefficient (Wildman–Crippen LogP) is 2.29. The first-order chi connectivity index (χ1) is 6.26. The number of hydrogen-bond acceptors (Lipinski definition) is 2. The lowest BCUT2D eigenvalue weighted by Gasteiger charge is -1.99. The summed E-state index contributed by atoms with van der Waals surface area (Å²) in [6.07, 6.45) is 2.13. The Labute approximate surface area is 90.7 Å². The van der Waals surface area contributed by atoms with Gasteiger partial charge < -0.3 is 4.79 Å². The average Bonchev–Trinajstić information content (AvgIpc) is 2.14. The second-order valence-corrected chi connectivity index (χ2v) is 3.91. The number of aldehydes is 1. The molecule has 0 aliphatic rings. The fourth-order valence-corrected chi connectivity index (χ4v) is 1.82. The number of halogens is 1. The second-order valence-electron chi connectivity index (χ2n) is 2.67. The van der Waals surface area contributed by atoms with E-state index in [1.165, 1.54) is 0 Å². The first kappa shape index (κ1) is 10.2. The van der Waals surface area contributed by atoms with Crippen molar-refractivity contribution in [1.82, 2.24) is 0 Å². The van der Waals surface area contributed by atoms with Crippen molar-refractivity contribution >= 4 is 28.9 Å². The van der Waals surface area contributed by atoms with E-state index in [0.717, 1.165) is 21.8 Å². The molecule has 0 aliphatic carbocycles. The van der Waals surface area contributed by atoms with Crippen LogP contribution in [-0.4, -0.2) is 6.29 Å². The Hall–Kier alpha value is -0.890. The summed E-state index contributed by atoms with van der Waals surface area (Å²) in [5.74, 6) is 0. The molecule has 0 spiro atoms. The van der Waals surface area contributed by atoms with Gasteiger partial charge in [-0.25, -0.2) is 0 Å². The minimum absolute atomic E-state index is 0.519. The van der Waals surface area contributed by atoms with E-state index in [2.05, 4.69) is 28.7 Å². The van der Waals surface area contributed by atoms with Crippen molar-refractivity contribution in [2.75, 3.05) is 0 Å². The maximum atomic E-state index is 10.2. The molecule has 0 bridgehead atoms. The van der Waals surface area contributed by atoms with E-state index in [9.17, 15) is 4.79 Å². The van der Waals surface area contributed by atoms with Gasteiger partial charge in [0.15, 0.2) is 0 Å². The van der Waals surface area contributed by atoms with Gasteiger partial charge in [0, 0.05) is 9.99 Å². The van der Waals surface area contributed by atoms with Gasteiger partial charge in [-0.05, 0) is 52.8 Å². The van der Waals surface area contributed by atoms with E-state index < -0.39 is 0 Å². The number of aryl methyl sites for hydroxylation is 1. The maximum absolute atomic E-state index is 10.2. The number of carbonyl (C=O) groups excluding carboxylic acids is 1. The topological polar surface area (TPSA) is 40.9 Å². The van der Waals surface area contributed by atoms with Crippen molar-refractivity contribution < 1.29 is 4.79 Å². The van der Waals surface area contributed by atoms with Gasteiger partial charge >= 0.3 is 0 Å². The van der Waals surface area contributed by atoms with E-state index in [-0.39, 0.29) is 0 Å². The molecule has 0 aliphatic heterocycles. The largest absolute Gasteiger partial charge is 0.303 e. The van der Waals surface area contributed by atoms with Crippen LogP contribution in [0.3, 0.4) is 0 Å². The Bertz CT molecular complexity index is 354. The normalized spacial score (nSPS) is 9.23. The molecular formula is C10H8INO. The summed E-state index contributed by atoms with van der Waals surface area (Å²) in [5, 5.41) is 8.69. The van der Waals surface area contributed by atoms with Crippen molar-refractivity contribution in [3.05, 3.63) is 32.9 Å². The smallest absolute Gasteiger partial charge is 0.120 e. The molecule has 1 aromatic rings. The lowest BCUT2D eigenvalue weighted by molar-refractivity contribution is -0.107. The molecule has 1 aromatic carbocycles. The summed E-state index contributed by atoms with van der Waals surface area (Å²) in [6.45, 7) is 0. The molecule has 0 aromatic heterocycles. The minimum atomic E-state index is 0.519. The van der Waals surface area contributed by atoms with Crippen LogP contribution in [0.5, 0.6) is 0 Å². The molecule has 0 amide bonds. The van der Waals surface area contributed by atoms with Crippen LogP contribution >= 0.6 is 22.6 Å². The van der Waals surface area contributed by atoms with E-state index >= 15 is 0 Å². The summed E-state index contributed by atoms with van der Waals surface area (Å²) in [5.41, 5.74) is 1.71. The molecule has 1 rings (SSSR count). The van der Waals surface area contributed by atoms with Crippen molar-refractivity contribution in [1.29, 1.82) is 5.26 Å². The fourth-order valence-electron chi connectivity index (χ4n) is 1.08. The monoisotopic (exact) mass is 285 g/mol. The summed E-state index contributed by atoms with van der Waals surface area (Å²) in [6, 6.07) is 7.73. The molecule has 0 atom stereocenters. The zero-order chi connectivity index (χ0) is 9.68. The van der Waals surface area contributed by atoms with Crippen LogP contribution in [0.25, 0.3) is 0 Å². The van der Waals surface area contributed by atoms with Crippen LogP contribution < -0.4 is 0 Å². The van der Waals surface area contributed by atoms with Crippen LogP contribution in [0, 0.1) is 14.9 Å². The SMILES string of the molecule is N#Cc1cc(I)cc(CCC=O)c1. The van der Waals surface area contributed by atoms with Crippen molar-refractivity contribution in [2.24, 2.45) is 0 Å². The Morgan fingerprint density at radius 1 is 1.46 bits per heavy atom. The molecule has 0 unspecified atom stereocenters. The molecule has 0 saturated heterocycles. The highest BCUT2D eigenvalue weighted by Crippen LogP contribution is 2.13. The van der Waals surface area contributed by atoms with Crippen LogP contribution in [0.1, 0.15) is 17.5 Å². The van der Waals surface area contributed by atoms with Gasteiger partial charge in [0.25, 0.3) is 0 Å². The number of nitriles is 1. The van der Waals surface area contributed by atoms with Crippen LogP contribution in [0.4, 0.5) is 0 Å². The maximum Gasteiger partial charge on any atom is 0.120 e. The zero-order valence-electron chi connectivity index (χ0n) is 6.96. The van der Waals surface area contributed by atoms with Crippen molar-refractivity contribution in [3.8, 4) is 6.07 Å². The Morgan fingerprint density at radius 2 is 2.23 bits per heavy atom. The van der Waals surface area contributed by atoms with Crippen molar-refractivity contribution in [3.63, 3.8) is 0 Å². The van der Waals surface area contributed by atoms with Gasteiger partial charge in [-0.15, -0.1) is 0 Å². The molecule has 0 heterocycles. The van der Waals surface area contributed by atoms with Gasteiger partial charge in [0.2, 0.25) is 0 Å². The first-order valence-corrected chi connectivity index (χ1v) is 4.97. The van der Waals surface area contributed by atoms with Gasteiger partial charge in [0.05, 0.1) is 11.6 Å². The average molecular weight is 285 g/mol. The number of benzene rings is 1. The lowest BCUT2D eigenvalue weighted by Crippen LogP contribution is -1.89. The molecule has 0 radical (unpaired) electrons. The van der Waals surface area contributed by atoms with Crippen molar-refractivity contribution in [2.45, 2.75) is 12.8 Å². The fraction of sp³-hybridized carbons (Fsp3) is 0.200. The highest BCUT2D eigenvalue weighted by molar-refractivity contribution is 14.1.